The number of nitrogens with zero attached hydrogens (tertiary/aromatic N) is 1. The SMILES string of the molecule is CC(=O)N(C/C=C/c1ccc(C2CCCCC2)c(Cl)c1)C1CCCCC1. The Hall–Kier alpha value is -1.28. The Labute approximate surface area is 163 Å². The van der Waals surface area contributed by atoms with Crippen molar-refractivity contribution in [2.75, 3.05) is 6.54 Å². The summed E-state index contributed by atoms with van der Waals surface area (Å²) in [7, 11) is 0. The van der Waals surface area contributed by atoms with Crippen molar-refractivity contribution in [1.29, 1.82) is 0 Å². The summed E-state index contributed by atoms with van der Waals surface area (Å²) >= 11 is 6.58. The van der Waals surface area contributed by atoms with Gasteiger partial charge in [-0.2, -0.15) is 0 Å². The van der Waals surface area contributed by atoms with Gasteiger partial charge < -0.3 is 4.90 Å². The van der Waals surface area contributed by atoms with E-state index in [9.17, 15) is 4.79 Å². The molecular formula is C23H32ClNO. The number of carbonyl (C=O) groups excluding carboxylic acids is 1. The van der Waals surface area contributed by atoms with Crippen LogP contribution < -0.4 is 0 Å². The van der Waals surface area contributed by atoms with Crippen LogP contribution in [-0.2, 0) is 4.79 Å². The van der Waals surface area contributed by atoms with Crippen molar-refractivity contribution in [2.45, 2.75) is 83.1 Å². The first-order chi connectivity index (χ1) is 12.6. The standard InChI is InChI=1S/C23H32ClNO/c1-18(26)25(21-12-6-3-7-13-21)16-8-9-19-14-15-22(23(24)17-19)20-10-4-2-5-11-20/h8-9,14-15,17,20-21H,2-7,10-13,16H2,1H3/b9-8+. The van der Waals surface area contributed by atoms with E-state index in [-0.39, 0.29) is 5.91 Å². The van der Waals surface area contributed by atoms with Gasteiger partial charge in [0.2, 0.25) is 5.91 Å². The fraction of sp³-hybridized carbons (Fsp3) is 0.609. The Balaban J connectivity index is 1.61. The largest absolute Gasteiger partial charge is 0.336 e. The Morgan fingerprint density at radius 3 is 2.35 bits per heavy atom. The van der Waals surface area contributed by atoms with Crippen molar-refractivity contribution >= 4 is 23.6 Å². The highest BCUT2D eigenvalue weighted by atomic mass is 35.5. The number of benzene rings is 1. The van der Waals surface area contributed by atoms with Gasteiger partial charge in [0.25, 0.3) is 0 Å². The molecule has 0 atom stereocenters. The summed E-state index contributed by atoms with van der Waals surface area (Å²) in [6, 6.07) is 6.89. The van der Waals surface area contributed by atoms with E-state index in [1.807, 2.05) is 4.90 Å². The maximum absolute atomic E-state index is 12.0. The number of carbonyl (C=O) groups is 1. The highest BCUT2D eigenvalue weighted by Gasteiger charge is 2.22. The van der Waals surface area contributed by atoms with Crippen molar-refractivity contribution < 1.29 is 4.79 Å². The topological polar surface area (TPSA) is 20.3 Å². The predicted molar refractivity (Wildman–Crippen MR) is 111 cm³/mol. The summed E-state index contributed by atoms with van der Waals surface area (Å²) in [4.78, 5) is 14.1. The van der Waals surface area contributed by atoms with Crippen molar-refractivity contribution in [2.24, 2.45) is 0 Å². The van der Waals surface area contributed by atoms with Crippen LogP contribution in [0, 0.1) is 0 Å². The van der Waals surface area contributed by atoms with Gasteiger partial charge in [0.05, 0.1) is 0 Å². The van der Waals surface area contributed by atoms with E-state index in [1.165, 1.54) is 56.9 Å². The first-order valence-corrected chi connectivity index (χ1v) is 10.8. The Bertz CT molecular complexity index is 627. The number of hydrogen-bond donors (Lipinski definition) is 0. The highest BCUT2D eigenvalue weighted by Crippen LogP contribution is 2.36. The summed E-state index contributed by atoms with van der Waals surface area (Å²) in [5, 5.41) is 0.898. The lowest BCUT2D eigenvalue weighted by Gasteiger charge is -2.33. The highest BCUT2D eigenvalue weighted by molar-refractivity contribution is 6.31. The van der Waals surface area contributed by atoms with Gasteiger partial charge in [-0.15, -0.1) is 0 Å². The van der Waals surface area contributed by atoms with Crippen LogP contribution in [0.15, 0.2) is 24.3 Å². The average Bonchev–Trinajstić information content (AvgIpc) is 2.66. The number of rotatable bonds is 5. The molecule has 0 aliphatic heterocycles. The molecule has 0 N–H and O–H groups in total. The zero-order valence-corrected chi connectivity index (χ0v) is 16.8. The molecule has 2 fully saturated rings. The molecule has 2 aliphatic rings. The minimum Gasteiger partial charge on any atom is -0.336 e. The van der Waals surface area contributed by atoms with Gasteiger partial charge in [-0.1, -0.05) is 74.4 Å². The minimum absolute atomic E-state index is 0.187. The van der Waals surface area contributed by atoms with Gasteiger partial charge in [0.15, 0.2) is 0 Å². The molecule has 1 aromatic carbocycles. The zero-order chi connectivity index (χ0) is 18.4. The normalized spacial score (nSPS) is 19.8. The van der Waals surface area contributed by atoms with Crippen LogP contribution in [0.3, 0.4) is 0 Å². The molecule has 3 rings (SSSR count). The van der Waals surface area contributed by atoms with Crippen LogP contribution in [0.2, 0.25) is 5.02 Å². The van der Waals surface area contributed by atoms with Gasteiger partial charge in [-0.25, -0.2) is 0 Å². The van der Waals surface area contributed by atoms with E-state index in [0.717, 1.165) is 23.4 Å². The van der Waals surface area contributed by atoms with E-state index < -0.39 is 0 Å². The van der Waals surface area contributed by atoms with Crippen LogP contribution in [0.1, 0.15) is 88.2 Å². The summed E-state index contributed by atoms with van der Waals surface area (Å²) in [6.45, 7) is 2.39. The summed E-state index contributed by atoms with van der Waals surface area (Å²) in [5.74, 6) is 0.820. The van der Waals surface area contributed by atoms with E-state index in [4.69, 9.17) is 11.6 Å². The Morgan fingerprint density at radius 1 is 1.08 bits per heavy atom. The molecule has 26 heavy (non-hydrogen) atoms. The first kappa shape index (κ1) is 19.5. The van der Waals surface area contributed by atoms with Crippen LogP contribution in [0.4, 0.5) is 0 Å². The molecule has 3 heteroatoms. The van der Waals surface area contributed by atoms with Crippen LogP contribution in [0.25, 0.3) is 6.08 Å². The average molecular weight is 374 g/mol. The van der Waals surface area contributed by atoms with Crippen molar-refractivity contribution in [1.82, 2.24) is 4.90 Å². The first-order valence-electron chi connectivity index (χ1n) is 10.4. The molecule has 0 aromatic heterocycles. The fourth-order valence-electron chi connectivity index (χ4n) is 4.62. The molecule has 0 bridgehead atoms. The number of halogens is 1. The second-order valence-corrected chi connectivity index (χ2v) is 8.39. The molecule has 0 spiro atoms. The van der Waals surface area contributed by atoms with Gasteiger partial charge in [0, 0.05) is 24.5 Å². The monoisotopic (exact) mass is 373 g/mol. The van der Waals surface area contributed by atoms with Crippen molar-refractivity contribution in [3.05, 3.63) is 40.4 Å². The molecule has 0 heterocycles. The van der Waals surface area contributed by atoms with Gasteiger partial charge >= 0.3 is 0 Å². The molecule has 0 saturated heterocycles. The van der Waals surface area contributed by atoms with Crippen molar-refractivity contribution in [3.63, 3.8) is 0 Å². The zero-order valence-electron chi connectivity index (χ0n) is 16.1. The second kappa shape index (κ2) is 9.60. The lowest BCUT2D eigenvalue weighted by atomic mass is 9.84. The quantitative estimate of drug-likeness (QED) is 0.570. The molecule has 2 aliphatic carbocycles. The molecule has 1 aromatic rings. The summed E-state index contributed by atoms with van der Waals surface area (Å²) < 4.78 is 0. The third-order valence-corrected chi connectivity index (χ3v) is 6.43. The van der Waals surface area contributed by atoms with E-state index in [2.05, 4.69) is 30.4 Å². The molecule has 2 nitrogen and oxygen atoms in total. The van der Waals surface area contributed by atoms with E-state index in [1.54, 1.807) is 6.92 Å². The lowest BCUT2D eigenvalue weighted by molar-refractivity contribution is -0.131. The second-order valence-electron chi connectivity index (χ2n) is 7.98. The Morgan fingerprint density at radius 2 is 1.73 bits per heavy atom. The van der Waals surface area contributed by atoms with Crippen LogP contribution in [-0.4, -0.2) is 23.4 Å². The molecule has 2 saturated carbocycles. The predicted octanol–water partition coefficient (Wildman–Crippen LogP) is 6.58. The van der Waals surface area contributed by atoms with E-state index in [0.29, 0.717) is 18.5 Å². The van der Waals surface area contributed by atoms with Crippen LogP contribution in [0.5, 0.6) is 0 Å². The molecular weight excluding hydrogens is 342 g/mol. The van der Waals surface area contributed by atoms with Gasteiger partial charge in [0.1, 0.15) is 0 Å². The minimum atomic E-state index is 0.187. The van der Waals surface area contributed by atoms with Gasteiger partial charge in [-0.05, 0) is 48.8 Å². The fourth-order valence-corrected chi connectivity index (χ4v) is 4.96. The molecule has 142 valence electrons. The van der Waals surface area contributed by atoms with Crippen LogP contribution >= 0.6 is 11.6 Å². The van der Waals surface area contributed by atoms with E-state index >= 15 is 0 Å². The summed E-state index contributed by atoms with van der Waals surface area (Å²) in [6.07, 6.45) is 16.9. The maximum atomic E-state index is 12.0. The molecule has 0 radical (unpaired) electrons. The number of hydrogen-bond acceptors (Lipinski definition) is 1. The molecule has 0 unspecified atom stereocenters. The number of amides is 1. The third kappa shape index (κ3) is 5.13. The Kier molecular flexibility index (Phi) is 7.19. The van der Waals surface area contributed by atoms with Gasteiger partial charge in [-0.3, -0.25) is 4.79 Å². The smallest absolute Gasteiger partial charge is 0.219 e. The maximum Gasteiger partial charge on any atom is 0.219 e. The van der Waals surface area contributed by atoms with Crippen molar-refractivity contribution in [3.8, 4) is 0 Å². The third-order valence-electron chi connectivity index (χ3n) is 6.10. The lowest BCUT2D eigenvalue weighted by Crippen LogP contribution is -2.40. The molecule has 1 amide bonds. The summed E-state index contributed by atoms with van der Waals surface area (Å²) in [5.41, 5.74) is 2.44.